The standard InChI is InChI=1S/C10H7Cl2N3S/c11-8-9(13-10(12)15-14-8)16-6-7-4-2-1-3-5-7/h1-5H,6H2. The molecule has 0 saturated heterocycles. The van der Waals surface area contributed by atoms with Gasteiger partial charge in [-0.15, -0.1) is 10.2 Å². The Morgan fingerprint density at radius 3 is 2.56 bits per heavy atom. The van der Waals surface area contributed by atoms with E-state index in [1.165, 1.54) is 17.3 Å². The Morgan fingerprint density at radius 1 is 1.06 bits per heavy atom. The van der Waals surface area contributed by atoms with Gasteiger partial charge in [-0.2, -0.15) is 0 Å². The van der Waals surface area contributed by atoms with Crippen LogP contribution in [-0.2, 0) is 5.75 Å². The fourth-order valence-corrected chi connectivity index (χ4v) is 2.32. The highest BCUT2D eigenvalue weighted by Crippen LogP contribution is 2.26. The molecule has 1 aromatic carbocycles. The molecule has 16 heavy (non-hydrogen) atoms. The van der Waals surface area contributed by atoms with Crippen LogP contribution < -0.4 is 0 Å². The largest absolute Gasteiger partial charge is 0.244 e. The summed E-state index contributed by atoms with van der Waals surface area (Å²) in [6, 6.07) is 10.0. The van der Waals surface area contributed by atoms with E-state index in [-0.39, 0.29) is 10.4 Å². The van der Waals surface area contributed by atoms with Gasteiger partial charge >= 0.3 is 0 Å². The van der Waals surface area contributed by atoms with Crippen molar-refractivity contribution in [3.63, 3.8) is 0 Å². The highest BCUT2D eigenvalue weighted by molar-refractivity contribution is 7.98. The Kier molecular flexibility index (Phi) is 3.98. The van der Waals surface area contributed by atoms with Crippen molar-refractivity contribution >= 4 is 35.0 Å². The maximum atomic E-state index is 5.85. The Morgan fingerprint density at radius 2 is 1.81 bits per heavy atom. The van der Waals surface area contributed by atoms with Gasteiger partial charge in [0.15, 0.2) is 5.15 Å². The predicted molar refractivity (Wildman–Crippen MR) is 65.9 cm³/mol. The summed E-state index contributed by atoms with van der Waals surface area (Å²) in [5, 5.41) is 8.24. The van der Waals surface area contributed by atoms with Gasteiger partial charge in [0.1, 0.15) is 5.03 Å². The first kappa shape index (κ1) is 11.6. The van der Waals surface area contributed by atoms with Crippen LogP contribution in [0.5, 0.6) is 0 Å². The van der Waals surface area contributed by atoms with E-state index in [9.17, 15) is 0 Å². The summed E-state index contributed by atoms with van der Waals surface area (Å²) in [6.07, 6.45) is 0. The first-order valence-corrected chi connectivity index (χ1v) is 6.22. The fourth-order valence-electron chi connectivity index (χ4n) is 1.10. The molecule has 0 atom stereocenters. The quantitative estimate of drug-likeness (QED) is 0.802. The number of hydrogen-bond acceptors (Lipinski definition) is 4. The molecule has 82 valence electrons. The van der Waals surface area contributed by atoms with E-state index in [1.807, 2.05) is 30.3 Å². The first-order valence-electron chi connectivity index (χ1n) is 4.48. The molecule has 0 amide bonds. The Labute approximate surface area is 107 Å². The van der Waals surface area contributed by atoms with E-state index >= 15 is 0 Å². The minimum absolute atomic E-state index is 0.111. The number of halogens is 2. The molecular formula is C10H7Cl2N3S. The predicted octanol–water partition coefficient (Wildman–Crippen LogP) is 3.47. The van der Waals surface area contributed by atoms with E-state index in [1.54, 1.807) is 0 Å². The zero-order chi connectivity index (χ0) is 11.4. The van der Waals surface area contributed by atoms with Crippen molar-refractivity contribution < 1.29 is 0 Å². The molecule has 0 aliphatic rings. The smallest absolute Gasteiger partial charge is 0.207 e. The van der Waals surface area contributed by atoms with Crippen molar-refractivity contribution in [3.8, 4) is 0 Å². The molecule has 0 aliphatic carbocycles. The second-order valence-electron chi connectivity index (χ2n) is 2.95. The summed E-state index contributed by atoms with van der Waals surface area (Å²) in [5.74, 6) is 0.773. The normalized spacial score (nSPS) is 10.4. The van der Waals surface area contributed by atoms with Crippen molar-refractivity contribution in [1.82, 2.24) is 15.2 Å². The van der Waals surface area contributed by atoms with Crippen molar-refractivity contribution in [3.05, 3.63) is 46.3 Å². The van der Waals surface area contributed by atoms with Crippen LogP contribution in [0.15, 0.2) is 35.4 Å². The van der Waals surface area contributed by atoms with Gasteiger partial charge in [-0.3, -0.25) is 0 Å². The molecule has 0 bridgehead atoms. The van der Waals surface area contributed by atoms with Crippen LogP contribution in [0.25, 0.3) is 0 Å². The monoisotopic (exact) mass is 271 g/mol. The molecule has 2 rings (SSSR count). The SMILES string of the molecule is Clc1nnc(Cl)c(SCc2ccccc2)n1. The average molecular weight is 272 g/mol. The van der Waals surface area contributed by atoms with Crippen LogP contribution >= 0.6 is 35.0 Å². The molecule has 2 aromatic rings. The van der Waals surface area contributed by atoms with E-state index in [0.29, 0.717) is 5.03 Å². The number of aromatic nitrogens is 3. The third-order valence-corrected chi connectivity index (χ3v) is 3.37. The number of hydrogen-bond donors (Lipinski definition) is 0. The van der Waals surface area contributed by atoms with Crippen LogP contribution in [0.4, 0.5) is 0 Å². The zero-order valence-corrected chi connectivity index (χ0v) is 10.4. The maximum absolute atomic E-state index is 5.85. The Bertz CT molecular complexity index is 479. The zero-order valence-electron chi connectivity index (χ0n) is 8.10. The molecule has 0 N–H and O–H groups in total. The molecule has 0 unspecified atom stereocenters. The van der Waals surface area contributed by atoms with Gasteiger partial charge in [0.25, 0.3) is 0 Å². The van der Waals surface area contributed by atoms with E-state index in [2.05, 4.69) is 15.2 Å². The summed E-state index contributed by atoms with van der Waals surface area (Å²) in [7, 11) is 0. The topological polar surface area (TPSA) is 38.7 Å². The summed E-state index contributed by atoms with van der Waals surface area (Å²) in [6.45, 7) is 0. The summed E-state index contributed by atoms with van der Waals surface area (Å²) < 4.78 is 0. The molecule has 0 aliphatic heterocycles. The van der Waals surface area contributed by atoms with E-state index in [0.717, 1.165) is 5.75 Å². The molecule has 0 radical (unpaired) electrons. The second-order valence-corrected chi connectivity index (χ2v) is 4.61. The van der Waals surface area contributed by atoms with Gasteiger partial charge in [-0.25, -0.2) is 4.98 Å². The molecular weight excluding hydrogens is 265 g/mol. The van der Waals surface area contributed by atoms with Crippen molar-refractivity contribution in [2.45, 2.75) is 10.8 Å². The minimum Gasteiger partial charge on any atom is -0.207 e. The molecule has 1 heterocycles. The van der Waals surface area contributed by atoms with Crippen LogP contribution in [0.2, 0.25) is 10.4 Å². The Hall–Kier alpha value is -0.840. The minimum atomic E-state index is 0.111. The molecule has 6 heteroatoms. The third kappa shape index (κ3) is 3.07. The molecule has 3 nitrogen and oxygen atoms in total. The fraction of sp³-hybridized carbons (Fsp3) is 0.100. The number of thioether (sulfide) groups is 1. The van der Waals surface area contributed by atoms with Gasteiger partial charge in [-0.1, -0.05) is 53.7 Å². The van der Waals surface area contributed by atoms with Gasteiger partial charge < -0.3 is 0 Å². The number of nitrogens with zero attached hydrogens (tertiary/aromatic N) is 3. The second kappa shape index (κ2) is 5.48. The maximum Gasteiger partial charge on any atom is 0.244 e. The van der Waals surface area contributed by atoms with Crippen LogP contribution in [-0.4, -0.2) is 15.2 Å². The van der Waals surface area contributed by atoms with Gasteiger partial charge in [0, 0.05) is 5.75 Å². The van der Waals surface area contributed by atoms with Crippen LogP contribution in [0.3, 0.4) is 0 Å². The lowest BCUT2D eigenvalue weighted by molar-refractivity contribution is 0.904. The lowest BCUT2D eigenvalue weighted by Gasteiger charge is -2.02. The third-order valence-electron chi connectivity index (χ3n) is 1.81. The van der Waals surface area contributed by atoms with Crippen molar-refractivity contribution in [1.29, 1.82) is 0 Å². The van der Waals surface area contributed by atoms with Gasteiger partial charge in [0.05, 0.1) is 0 Å². The summed E-state index contributed by atoms with van der Waals surface area (Å²) >= 11 is 13.0. The van der Waals surface area contributed by atoms with Crippen LogP contribution in [0, 0.1) is 0 Å². The molecule has 1 aromatic heterocycles. The Balaban J connectivity index is 2.08. The van der Waals surface area contributed by atoms with Gasteiger partial charge in [0.2, 0.25) is 5.28 Å². The van der Waals surface area contributed by atoms with E-state index in [4.69, 9.17) is 23.2 Å². The summed E-state index contributed by atoms with van der Waals surface area (Å²) in [5.41, 5.74) is 1.19. The number of benzene rings is 1. The van der Waals surface area contributed by atoms with E-state index < -0.39 is 0 Å². The van der Waals surface area contributed by atoms with Crippen molar-refractivity contribution in [2.75, 3.05) is 0 Å². The van der Waals surface area contributed by atoms with Crippen LogP contribution in [0.1, 0.15) is 5.56 Å². The molecule has 0 spiro atoms. The first-order chi connectivity index (χ1) is 7.75. The number of rotatable bonds is 3. The van der Waals surface area contributed by atoms with Crippen molar-refractivity contribution in [2.24, 2.45) is 0 Å². The molecule has 0 saturated carbocycles. The lowest BCUT2D eigenvalue weighted by Crippen LogP contribution is -1.92. The lowest BCUT2D eigenvalue weighted by atomic mass is 10.2. The van der Waals surface area contributed by atoms with Gasteiger partial charge in [-0.05, 0) is 17.2 Å². The molecule has 0 fully saturated rings. The highest BCUT2D eigenvalue weighted by Gasteiger charge is 2.06. The summed E-state index contributed by atoms with van der Waals surface area (Å²) in [4.78, 5) is 4.01. The average Bonchev–Trinajstić information content (AvgIpc) is 2.32. The highest BCUT2D eigenvalue weighted by atomic mass is 35.5.